The lowest BCUT2D eigenvalue weighted by Gasteiger charge is -2.49. The Morgan fingerprint density at radius 1 is 1.04 bits per heavy atom. The number of benzene rings is 1. The monoisotopic (exact) mass is 638 g/mol. The number of carbonyl (C=O) groups excluding carboxylic acids is 2. The molecule has 2 saturated heterocycles. The predicted octanol–water partition coefficient (Wildman–Crippen LogP) is 6.57. The number of ether oxygens (including phenoxy) is 1. The van der Waals surface area contributed by atoms with E-state index in [1.54, 1.807) is 25.7 Å². The second-order valence-corrected chi connectivity index (χ2v) is 11.4. The Morgan fingerprint density at radius 2 is 1.76 bits per heavy atom. The summed E-state index contributed by atoms with van der Waals surface area (Å²) < 4.78 is 93.2. The number of carbonyl (C=O) groups is 2. The molecule has 0 bridgehead atoms. The van der Waals surface area contributed by atoms with Crippen molar-refractivity contribution < 1.29 is 45.2 Å². The van der Waals surface area contributed by atoms with Gasteiger partial charge in [0.25, 0.3) is 11.8 Å². The van der Waals surface area contributed by atoms with Crippen LogP contribution in [0.4, 0.5) is 26.3 Å². The second kappa shape index (κ2) is 12.0. The maximum Gasteiger partial charge on any atom is 0.417 e. The second-order valence-electron chi connectivity index (χ2n) is 11.4. The van der Waals surface area contributed by atoms with E-state index in [2.05, 4.69) is 10.1 Å². The van der Waals surface area contributed by atoms with E-state index >= 15 is 0 Å². The molecule has 0 radical (unpaired) electrons. The van der Waals surface area contributed by atoms with E-state index in [-0.39, 0.29) is 44.0 Å². The summed E-state index contributed by atoms with van der Waals surface area (Å²) in [5.74, 6) is -0.980. The summed E-state index contributed by atoms with van der Waals surface area (Å²) in [7, 11) is 0. The predicted molar refractivity (Wildman–Crippen MR) is 148 cm³/mol. The average molecular weight is 639 g/mol. The highest BCUT2D eigenvalue weighted by molar-refractivity contribution is 5.97. The normalized spacial score (nSPS) is 22.5. The minimum Gasteiger partial charge on any atom is -0.475 e. The number of hydrogen-bond donors (Lipinski definition) is 0. The van der Waals surface area contributed by atoms with Gasteiger partial charge < -0.3 is 19.1 Å². The molecule has 3 aromatic rings. The van der Waals surface area contributed by atoms with Crippen LogP contribution >= 0.6 is 0 Å². The molecular formula is C31H32F6N4O4. The van der Waals surface area contributed by atoms with Gasteiger partial charge in [-0.1, -0.05) is 12.1 Å². The Morgan fingerprint density at radius 3 is 2.36 bits per heavy atom. The van der Waals surface area contributed by atoms with Crippen LogP contribution in [0.15, 0.2) is 47.2 Å². The van der Waals surface area contributed by atoms with Gasteiger partial charge in [0.2, 0.25) is 5.60 Å². The largest absolute Gasteiger partial charge is 0.475 e. The third kappa shape index (κ3) is 6.10. The highest BCUT2D eigenvalue weighted by atomic mass is 19.4. The zero-order valence-corrected chi connectivity index (χ0v) is 24.8. The van der Waals surface area contributed by atoms with Gasteiger partial charge in [0.15, 0.2) is 0 Å². The molecule has 8 nitrogen and oxygen atoms in total. The van der Waals surface area contributed by atoms with Gasteiger partial charge in [-0.3, -0.25) is 14.6 Å². The minimum absolute atomic E-state index is 0.0383. The highest BCUT2D eigenvalue weighted by Gasteiger charge is 2.56. The van der Waals surface area contributed by atoms with Crippen molar-refractivity contribution in [2.45, 2.75) is 76.4 Å². The van der Waals surface area contributed by atoms with Crippen LogP contribution < -0.4 is 4.74 Å². The maximum absolute atomic E-state index is 14.6. The molecule has 3 atom stereocenters. The molecule has 45 heavy (non-hydrogen) atoms. The van der Waals surface area contributed by atoms with Gasteiger partial charge in [0.05, 0.1) is 28.4 Å². The minimum atomic E-state index is -4.84. The number of likely N-dealkylation sites (tertiary alicyclic amines) is 2. The summed E-state index contributed by atoms with van der Waals surface area (Å²) in [5, 5.41) is 4.01. The maximum atomic E-state index is 14.6. The molecule has 0 spiro atoms. The van der Waals surface area contributed by atoms with Gasteiger partial charge in [-0.05, 0) is 63.4 Å². The molecule has 2 fully saturated rings. The summed E-state index contributed by atoms with van der Waals surface area (Å²) in [6, 6.07) is 3.53. The zero-order chi connectivity index (χ0) is 32.7. The fourth-order valence-electron chi connectivity index (χ4n) is 6.70. The Kier molecular flexibility index (Phi) is 8.62. The van der Waals surface area contributed by atoms with E-state index in [0.717, 1.165) is 42.2 Å². The number of amides is 2. The van der Waals surface area contributed by atoms with Crippen molar-refractivity contribution in [2.24, 2.45) is 0 Å². The van der Waals surface area contributed by atoms with Crippen molar-refractivity contribution in [1.29, 1.82) is 0 Å². The van der Waals surface area contributed by atoms with Crippen molar-refractivity contribution in [2.75, 3.05) is 19.6 Å². The van der Waals surface area contributed by atoms with E-state index in [1.165, 1.54) is 4.90 Å². The van der Waals surface area contributed by atoms with Crippen LogP contribution in [-0.2, 0) is 17.1 Å². The quantitative estimate of drug-likeness (QED) is 0.284. The van der Waals surface area contributed by atoms with Crippen molar-refractivity contribution in [1.82, 2.24) is 19.9 Å². The molecule has 4 heterocycles. The molecule has 2 amide bonds. The van der Waals surface area contributed by atoms with Crippen LogP contribution in [0.2, 0.25) is 0 Å². The Labute approximate surface area is 255 Å². The number of aromatic nitrogens is 2. The smallest absolute Gasteiger partial charge is 0.417 e. The number of hydrogen-bond acceptors (Lipinski definition) is 6. The summed E-state index contributed by atoms with van der Waals surface area (Å²) in [5.41, 5.74) is -2.96. The van der Waals surface area contributed by atoms with Gasteiger partial charge in [-0.15, -0.1) is 0 Å². The van der Waals surface area contributed by atoms with E-state index in [1.807, 2.05) is 0 Å². The first-order valence-electron chi connectivity index (χ1n) is 14.6. The Balaban J connectivity index is 1.54. The fraction of sp³-hybridized carbons (Fsp3) is 0.484. The van der Waals surface area contributed by atoms with Crippen molar-refractivity contribution >= 4 is 11.8 Å². The van der Waals surface area contributed by atoms with Crippen LogP contribution in [0.1, 0.15) is 77.0 Å². The molecule has 2 aromatic heterocycles. The number of pyridine rings is 1. The molecule has 2 aliphatic rings. The molecule has 242 valence electrons. The number of nitrogens with zero attached hydrogens (tertiary/aromatic N) is 4. The van der Waals surface area contributed by atoms with Gasteiger partial charge >= 0.3 is 12.4 Å². The van der Waals surface area contributed by atoms with E-state index in [4.69, 9.17) is 9.26 Å². The number of aryl methyl sites for hydroxylation is 2. The summed E-state index contributed by atoms with van der Waals surface area (Å²) >= 11 is 0. The molecule has 2 aliphatic heterocycles. The molecule has 5 rings (SSSR count). The van der Waals surface area contributed by atoms with Gasteiger partial charge in [0.1, 0.15) is 11.5 Å². The van der Waals surface area contributed by atoms with Crippen LogP contribution in [0.25, 0.3) is 0 Å². The number of alkyl halides is 6. The average Bonchev–Trinajstić information content (AvgIpc) is 3.61. The molecule has 0 N–H and O–H groups in total. The lowest BCUT2D eigenvalue weighted by atomic mass is 9.80. The third-order valence-electron chi connectivity index (χ3n) is 8.68. The zero-order valence-electron chi connectivity index (χ0n) is 24.8. The van der Waals surface area contributed by atoms with Crippen molar-refractivity contribution in [3.05, 3.63) is 76.4 Å². The lowest BCUT2D eigenvalue weighted by Crippen LogP contribution is -2.67. The fourth-order valence-corrected chi connectivity index (χ4v) is 6.70. The van der Waals surface area contributed by atoms with Gasteiger partial charge in [-0.2, -0.15) is 26.3 Å². The van der Waals surface area contributed by atoms with E-state index < -0.39 is 52.5 Å². The number of piperidine rings is 1. The first-order chi connectivity index (χ1) is 21.2. The first kappa shape index (κ1) is 32.3. The molecule has 0 aliphatic carbocycles. The molecular weight excluding hydrogens is 606 g/mol. The van der Waals surface area contributed by atoms with Crippen LogP contribution in [0, 0.1) is 13.8 Å². The van der Waals surface area contributed by atoms with Gasteiger partial charge in [-0.25, -0.2) is 0 Å². The van der Waals surface area contributed by atoms with Crippen LogP contribution in [-0.4, -0.2) is 63.0 Å². The Hall–Kier alpha value is -4.10. The highest BCUT2D eigenvalue weighted by Crippen LogP contribution is 2.41. The summed E-state index contributed by atoms with van der Waals surface area (Å²) in [6.45, 7) is 5.88. The van der Waals surface area contributed by atoms with Crippen LogP contribution in [0.3, 0.4) is 0 Å². The first-order valence-corrected chi connectivity index (χ1v) is 14.6. The SMILES string of the molecule is CCC1N(C(=O)c2cnccc2C(F)(F)F)CCC[C@@]1(Oc1ccc(C(F)(F)F)cc1)C(=O)N1CCC(c2c(C)noc2C)C1. The topological polar surface area (TPSA) is 88.8 Å². The Bertz CT molecular complexity index is 1540. The van der Waals surface area contributed by atoms with E-state index in [0.29, 0.717) is 30.5 Å². The van der Waals surface area contributed by atoms with Crippen molar-refractivity contribution in [3.63, 3.8) is 0 Å². The third-order valence-corrected chi connectivity index (χ3v) is 8.68. The van der Waals surface area contributed by atoms with Gasteiger partial charge in [0, 0.05) is 49.9 Å². The molecule has 2 unspecified atom stereocenters. The summed E-state index contributed by atoms with van der Waals surface area (Å²) in [6.07, 6.45) is -6.68. The van der Waals surface area contributed by atoms with E-state index in [9.17, 15) is 35.9 Å². The van der Waals surface area contributed by atoms with Crippen LogP contribution in [0.5, 0.6) is 5.75 Å². The molecule has 0 saturated carbocycles. The molecule has 14 heteroatoms. The summed E-state index contributed by atoms with van der Waals surface area (Å²) in [4.78, 5) is 34.9. The number of halogens is 6. The molecule has 1 aromatic carbocycles. The van der Waals surface area contributed by atoms with Crippen molar-refractivity contribution in [3.8, 4) is 5.75 Å². The number of rotatable bonds is 6. The standard InChI is InChI=1S/C31H32F6N4O4/c1-4-25-29(44-22-8-6-21(7-9-22)30(32,33)34,28(43)40-15-11-20(17-40)26-18(2)39-45-19(26)3)12-5-14-41(25)27(42)23-16-38-13-10-24(23)31(35,36)37/h6-10,13,16,20,25H,4-5,11-12,14-15,17H2,1-3H3/t20?,25?,29-/m0/s1. The lowest BCUT2D eigenvalue weighted by molar-refractivity contribution is -0.158.